The van der Waals surface area contributed by atoms with Gasteiger partial charge in [-0.05, 0) is 25.5 Å². The first-order valence-corrected chi connectivity index (χ1v) is 8.69. The maximum absolute atomic E-state index is 10.2. The van der Waals surface area contributed by atoms with E-state index in [1.54, 1.807) is 0 Å². The van der Waals surface area contributed by atoms with Gasteiger partial charge in [0.2, 0.25) is 0 Å². The third-order valence-electron chi connectivity index (χ3n) is 4.55. The lowest BCUT2D eigenvalue weighted by Crippen LogP contribution is -2.03. The van der Waals surface area contributed by atoms with Gasteiger partial charge < -0.3 is 5.11 Å². The van der Waals surface area contributed by atoms with Crippen LogP contribution in [0.15, 0.2) is 55.0 Å². The second-order valence-corrected chi connectivity index (χ2v) is 6.29. The van der Waals surface area contributed by atoms with Crippen molar-refractivity contribution in [3.05, 3.63) is 66.1 Å². The molecule has 0 saturated heterocycles. The van der Waals surface area contributed by atoms with Crippen LogP contribution in [0.3, 0.4) is 0 Å². The Kier molecular flexibility index (Phi) is 4.22. The summed E-state index contributed by atoms with van der Waals surface area (Å²) in [6, 6.07) is 12.0. The van der Waals surface area contributed by atoms with Crippen molar-refractivity contribution in [1.29, 1.82) is 0 Å². The smallest absolute Gasteiger partial charge is 0.159 e. The number of aliphatic hydroxyl groups is 1. The van der Waals surface area contributed by atoms with Gasteiger partial charge >= 0.3 is 0 Å². The normalized spacial score (nSPS) is 11.2. The van der Waals surface area contributed by atoms with Crippen molar-refractivity contribution in [2.75, 3.05) is 0 Å². The summed E-state index contributed by atoms with van der Waals surface area (Å²) in [6.45, 7) is 4.69. The summed E-state index contributed by atoms with van der Waals surface area (Å²) < 4.78 is 1.88. The SMILES string of the molecule is CCn1ncc2c(-c3cncc(C)c3)c(CO)c(-c3ccccc3)nc21. The Hall–Kier alpha value is -3.05. The van der Waals surface area contributed by atoms with Crippen LogP contribution in [0.5, 0.6) is 0 Å². The number of nitrogens with zero attached hydrogens (tertiary/aromatic N) is 4. The van der Waals surface area contributed by atoms with E-state index in [0.717, 1.165) is 51.1 Å². The van der Waals surface area contributed by atoms with Crippen molar-refractivity contribution in [1.82, 2.24) is 19.7 Å². The van der Waals surface area contributed by atoms with E-state index in [0.29, 0.717) is 0 Å². The van der Waals surface area contributed by atoms with Crippen LogP contribution in [0.1, 0.15) is 18.1 Å². The average molecular weight is 344 g/mol. The molecule has 5 nitrogen and oxygen atoms in total. The monoisotopic (exact) mass is 344 g/mol. The van der Waals surface area contributed by atoms with Crippen LogP contribution in [0.25, 0.3) is 33.4 Å². The third-order valence-corrected chi connectivity index (χ3v) is 4.55. The zero-order valence-corrected chi connectivity index (χ0v) is 14.8. The number of aromatic nitrogens is 4. The topological polar surface area (TPSA) is 63.8 Å². The number of rotatable bonds is 4. The van der Waals surface area contributed by atoms with Crippen LogP contribution < -0.4 is 0 Å². The van der Waals surface area contributed by atoms with E-state index < -0.39 is 0 Å². The predicted molar refractivity (Wildman–Crippen MR) is 103 cm³/mol. The van der Waals surface area contributed by atoms with Crippen LogP contribution in [-0.2, 0) is 13.2 Å². The molecule has 0 fully saturated rings. The number of aliphatic hydroxyl groups excluding tert-OH is 1. The molecular weight excluding hydrogens is 324 g/mol. The highest BCUT2D eigenvalue weighted by Crippen LogP contribution is 2.37. The Balaban J connectivity index is 2.13. The van der Waals surface area contributed by atoms with Gasteiger partial charge in [0.25, 0.3) is 0 Å². The average Bonchev–Trinajstić information content (AvgIpc) is 3.09. The number of hydrogen-bond acceptors (Lipinski definition) is 4. The molecule has 0 spiro atoms. The van der Waals surface area contributed by atoms with Gasteiger partial charge in [0, 0.05) is 46.6 Å². The number of hydrogen-bond donors (Lipinski definition) is 1. The molecule has 3 heterocycles. The molecule has 0 atom stereocenters. The minimum absolute atomic E-state index is 0.103. The fourth-order valence-electron chi connectivity index (χ4n) is 3.37. The quantitative estimate of drug-likeness (QED) is 0.608. The van der Waals surface area contributed by atoms with Gasteiger partial charge in [-0.2, -0.15) is 5.10 Å². The van der Waals surface area contributed by atoms with Crippen LogP contribution >= 0.6 is 0 Å². The van der Waals surface area contributed by atoms with Crippen LogP contribution in [-0.4, -0.2) is 24.9 Å². The van der Waals surface area contributed by atoms with E-state index in [1.807, 2.05) is 67.5 Å². The minimum Gasteiger partial charge on any atom is -0.392 e. The van der Waals surface area contributed by atoms with E-state index in [9.17, 15) is 5.11 Å². The van der Waals surface area contributed by atoms with Crippen molar-refractivity contribution in [3.63, 3.8) is 0 Å². The molecule has 0 aliphatic rings. The van der Waals surface area contributed by atoms with Crippen LogP contribution in [0.4, 0.5) is 0 Å². The summed E-state index contributed by atoms with van der Waals surface area (Å²) in [5.41, 5.74) is 6.37. The summed E-state index contributed by atoms with van der Waals surface area (Å²) in [5, 5.41) is 15.6. The minimum atomic E-state index is -0.103. The third kappa shape index (κ3) is 2.66. The van der Waals surface area contributed by atoms with Crippen LogP contribution in [0.2, 0.25) is 0 Å². The van der Waals surface area contributed by atoms with Gasteiger partial charge in [-0.3, -0.25) is 4.98 Å². The Bertz CT molecular complexity index is 1070. The second kappa shape index (κ2) is 6.69. The summed E-state index contributed by atoms with van der Waals surface area (Å²) >= 11 is 0. The van der Waals surface area contributed by atoms with Crippen molar-refractivity contribution < 1.29 is 5.11 Å². The Morgan fingerprint density at radius 3 is 2.54 bits per heavy atom. The lowest BCUT2D eigenvalue weighted by molar-refractivity contribution is 0.282. The number of aryl methyl sites for hydroxylation is 2. The van der Waals surface area contributed by atoms with E-state index in [1.165, 1.54) is 0 Å². The lowest BCUT2D eigenvalue weighted by atomic mass is 9.94. The maximum Gasteiger partial charge on any atom is 0.159 e. The summed E-state index contributed by atoms with van der Waals surface area (Å²) in [7, 11) is 0. The van der Waals surface area contributed by atoms with Gasteiger partial charge in [0.1, 0.15) is 0 Å². The number of pyridine rings is 2. The Labute approximate surface area is 152 Å². The van der Waals surface area contributed by atoms with Crippen molar-refractivity contribution in [3.8, 4) is 22.4 Å². The molecule has 4 rings (SSSR count). The van der Waals surface area contributed by atoms with Gasteiger partial charge in [-0.1, -0.05) is 30.3 Å². The first kappa shape index (κ1) is 16.4. The van der Waals surface area contributed by atoms with Gasteiger partial charge in [-0.15, -0.1) is 0 Å². The molecule has 3 aromatic heterocycles. The van der Waals surface area contributed by atoms with E-state index in [4.69, 9.17) is 4.98 Å². The van der Waals surface area contributed by atoms with E-state index in [-0.39, 0.29) is 6.61 Å². The molecular formula is C21H20N4O. The van der Waals surface area contributed by atoms with Crippen LogP contribution in [0, 0.1) is 6.92 Å². The molecule has 1 aromatic carbocycles. The highest BCUT2D eigenvalue weighted by molar-refractivity contribution is 5.97. The molecule has 5 heteroatoms. The zero-order valence-electron chi connectivity index (χ0n) is 14.8. The molecule has 0 unspecified atom stereocenters. The first-order chi connectivity index (χ1) is 12.7. The van der Waals surface area contributed by atoms with Crippen molar-refractivity contribution >= 4 is 11.0 Å². The Morgan fingerprint density at radius 2 is 1.85 bits per heavy atom. The van der Waals surface area contributed by atoms with Gasteiger partial charge in [0.05, 0.1) is 18.5 Å². The molecule has 0 amide bonds. The van der Waals surface area contributed by atoms with Crippen molar-refractivity contribution in [2.24, 2.45) is 0 Å². The number of benzene rings is 1. The Morgan fingerprint density at radius 1 is 1.04 bits per heavy atom. The predicted octanol–water partition coefficient (Wildman–Crippen LogP) is 3.98. The molecule has 4 aromatic rings. The molecule has 0 aliphatic heterocycles. The molecule has 0 bridgehead atoms. The molecule has 26 heavy (non-hydrogen) atoms. The fraction of sp³-hybridized carbons (Fsp3) is 0.190. The summed E-state index contributed by atoms with van der Waals surface area (Å²) in [5.74, 6) is 0. The van der Waals surface area contributed by atoms with E-state index >= 15 is 0 Å². The standard InChI is InChI=1S/C21H20N4O/c1-3-25-21-17(12-23-25)19(16-9-14(2)10-22-11-16)18(13-26)20(24-21)15-7-5-4-6-8-15/h4-12,26H,3,13H2,1-2H3. The molecule has 0 aliphatic carbocycles. The fourth-order valence-corrected chi connectivity index (χ4v) is 3.37. The zero-order chi connectivity index (χ0) is 18.1. The highest BCUT2D eigenvalue weighted by atomic mass is 16.3. The molecule has 0 radical (unpaired) electrons. The van der Waals surface area contributed by atoms with Gasteiger partial charge in [-0.25, -0.2) is 9.67 Å². The van der Waals surface area contributed by atoms with E-state index in [2.05, 4.69) is 16.1 Å². The lowest BCUT2D eigenvalue weighted by Gasteiger charge is -2.15. The molecule has 130 valence electrons. The molecule has 1 N–H and O–H groups in total. The highest BCUT2D eigenvalue weighted by Gasteiger charge is 2.20. The number of fused-ring (bicyclic) bond motifs is 1. The van der Waals surface area contributed by atoms with Gasteiger partial charge in [0.15, 0.2) is 5.65 Å². The maximum atomic E-state index is 10.2. The molecule has 0 saturated carbocycles. The summed E-state index contributed by atoms with van der Waals surface area (Å²) in [6.07, 6.45) is 5.49. The largest absolute Gasteiger partial charge is 0.392 e. The second-order valence-electron chi connectivity index (χ2n) is 6.29. The summed E-state index contributed by atoms with van der Waals surface area (Å²) in [4.78, 5) is 9.22. The van der Waals surface area contributed by atoms with Crippen molar-refractivity contribution in [2.45, 2.75) is 27.0 Å². The first-order valence-electron chi connectivity index (χ1n) is 8.69.